The molecule has 0 aromatic carbocycles. The molecule has 8 nitrogen and oxygen atoms in total. The molecule has 0 aromatic heterocycles. The highest BCUT2D eigenvalue weighted by Gasteiger charge is 2.17. The summed E-state index contributed by atoms with van der Waals surface area (Å²) in [6, 6.07) is -0.956. The molecule has 0 bridgehead atoms. The van der Waals surface area contributed by atoms with Gasteiger partial charge in [0.15, 0.2) is 5.96 Å². The van der Waals surface area contributed by atoms with Crippen molar-refractivity contribution in [2.45, 2.75) is 45.2 Å². The Morgan fingerprint density at radius 1 is 1.40 bits per heavy atom. The molecule has 0 aliphatic heterocycles. The topological polar surface area (TPSA) is 152 Å². The Kier molecular flexibility index (Phi) is 9.10. The van der Waals surface area contributed by atoms with Gasteiger partial charge >= 0.3 is 0 Å². The van der Waals surface area contributed by atoms with Gasteiger partial charge in [0.2, 0.25) is 5.91 Å². The van der Waals surface area contributed by atoms with Crippen molar-refractivity contribution >= 4 is 18.1 Å². The van der Waals surface area contributed by atoms with Crippen molar-refractivity contribution in [3.05, 3.63) is 0 Å². The zero-order valence-corrected chi connectivity index (χ0v) is 12.1. The largest absolute Gasteiger partial charge is 0.411 e. The van der Waals surface area contributed by atoms with Crippen LogP contribution in [-0.2, 0) is 4.79 Å². The van der Waals surface area contributed by atoms with Crippen LogP contribution in [-0.4, -0.2) is 41.9 Å². The van der Waals surface area contributed by atoms with Gasteiger partial charge in [0.05, 0.1) is 18.3 Å². The third kappa shape index (κ3) is 9.15. The minimum absolute atomic E-state index is 0.0270. The van der Waals surface area contributed by atoms with Gasteiger partial charge in [-0.3, -0.25) is 9.79 Å². The fraction of sp³-hybridized carbons (Fsp3) is 0.750. The molecule has 2 atom stereocenters. The van der Waals surface area contributed by atoms with E-state index in [0.717, 1.165) is 0 Å². The van der Waals surface area contributed by atoms with Crippen LogP contribution < -0.4 is 22.5 Å². The van der Waals surface area contributed by atoms with E-state index in [9.17, 15) is 4.79 Å². The smallest absolute Gasteiger partial charge is 0.237 e. The van der Waals surface area contributed by atoms with E-state index in [1.54, 1.807) is 0 Å². The van der Waals surface area contributed by atoms with Gasteiger partial charge in [-0.05, 0) is 25.2 Å². The van der Waals surface area contributed by atoms with Gasteiger partial charge < -0.3 is 27.7 Å². The molecule has 20 heavy (non-hydrogen) atoms. The first-order valence-corrected chi connectivity index (χ1v) is 6.65. The zero-order valence-electron chi connectivity index (χ0n) is 12.1. The number of nitrogens with zero attached hydrogens (tertiary/aromatic N) is 2. The molecule has 1 amide bonds. The van der Waals surface area contributed by atoms with E-state index in [4.69, 9.17) is 22.4 Å². The number of nitrogens with one attached hydrogen (secondary N) is 1. The number of nitrogens with two attached hydrogens (primary N) is 3. The average molecular weight is 286 g/mol. The highest BCUT2D eigenvalue weighted by atomic mass is 16.4. The molecule has 0 unspecified atom stereocenters. The molecule has 0 rings (SSSR count). The summed E-state index contributed by atoms with van der Waals surface area (Å²) in [5.41, 5.74) is 16.2. The molecule has 0 heterocycles. The van der Waals surface area contributed by atoms with Gasteiger partial charge in [-0.2, -0.15) is 0 Å². The van der Waals surface area contributed by atoms with Crippen LogP contribution in [0, 0.1) is 5.92 Å². The van der Waals surface area contributed by atoms with Crippen LogP contribution in [0.2, 0.25) is 0 Å². The number of carbonyl (C=O) groups is 1. The summed E-state index contributed by atoms with van der Waals surface area (Å²) < 4.78 is 0. The van der Waals surface area contributed by atoms with E-state index < -0.39 is 6.04 Å². The summed E-state index contributed by atoms with van der Waals surface area (Å²) in [7, 11) is 0. The lowest BCUT2D eigenvalue weighted by molar-refractivity contribution is -0.122. The quantitative estimate of drug-likeness (QED) is 0.125. The van der Waals surface area contributed by atoms with Crippen molar-refractivity contribution in [3.8, 4) is 0 Å². The lowest BCUT2D eigenvalue weighted by atomic mass is 10.0. The Balaban J connectivity index is 4.17. The number of oxime groups is 1. The van der Waals surface area contributed by atoms with Crippen LogP contribution in [0.15, 0.2) is 10.1 Å². The highest BCUT2D eigenvalue weighted by molar-refractivity contribution is 5.84. The Morgan fingerprint density at radius 3 is 2.55 bits per heavy atom. The van der Waals surface area contributed by atoms with Gasteiger partial charge in [0.25, 0.3) is 0 Å². The molecule has 0 aliphatic carbocycles. The molecular weight excluding hydrogens is 260 g/mol. The molecule has 8 N–H and O–H groups in total. The van der Waals surface area contributed by atoms with Crippen LogP contribution in [0.1, 0.15) is 33.1 Å². The van der Waals surface area contributed by atoms with E-state index in [1.165, 1.54) is 6.21 Å². The minimum atomic E-state index is -0.633. The Morgan fingerprint density at radius 2 is 2.05 bits per heavy atom. The third-order valence-electron chi connectivity index (χ3n) is 2.60. The highest BCUT2D eigenvalue weighted by Crippen LogP contribution is 2.04. The monoisotopic (exact) mass is 286 g/mol. The predicted molar refractivity (Wildman–Crippen MR) is 79.6 cm³/mol. The van der Waals surface area contributed by atoms with E-state index in [-0.39, 0.29) is 17.9 Å². The lowest BCUT2D eigenvalue weighted by Gasteiger charge is -2.18. The fourth-order valence-corrected chi connectivity index (χ4v) is 1.69. The molecule has 0 spiro atoms. The second kappa shape index (κ2) is 10.0. The first-order valence-electron chi connectivity index (χ1n) is 6.65. The standard InChI is InChI=1S/C12H26N6O2/c1-8(2)6-9(7-17-20)18-11(19)10(13)4-3-5-16-12(14)15/h7-10,20H,3-6,13H2,1-2H3,(H,18,19)(H4,14,15,16)/t9-,10-/m0/s1. The van der Waals surface area contributed by atoms with Gasteiger partial charge in [0.1, 0.15) is 0 Å². The molecule has 0 radical (unpaired) electrons. The van der Waals surface area contributed by atoms with Crippen molar-refractivity contribution in [1.29, 1.82) is 0 Å². The number of rotatable bonds is 9. The molecule has 116 valence electrons. The first kappa shape index (κ1) is 18.2. The number of amides is 1. The number of guanidine groups is 1. The van der Waals surface area contributed by atoms with Gasteiger partial charge in [-0.1, -0.05) is 19.0 Å². The van der Waals surface area contributed by atoms with Crippen LogP contribution in [0.5, 0.6) is 0 Å². The van der Waals surface area contributed by atoms with E-state index >= 15 is 0 Å². The number of hydrogen-bond acceptors (Lipinski definition) is 5. The van der Waals surface area contributed by atoms with Crippen molar-refractivity contribution in [3.63, 3.8) is 0 Å². The summed E-state index contributed by atoms with van der Waals surface area (Å²) in [4.78, 5) is 15.7. The van der Waals surface area contributed by atoms with E-state index in [2.05, 4.69) is 15.5 Å². The summed E-state index contributed by atoms with van der Waals surface area (Å²) in [6.07, 6.45) is 3.07. The van der Waals surface area contributed by atoms with Crippen LogP contribution in [0.4, 0.5) is 0 Å². The third-order valence-corrected chi connectivity index (χ3v) is 2.60. The first-order chi connectivity index (χ1) is 9.36. The fourth-order valence-electron chi connectivity index (χ4n) is 1.69. The minimum Gasteiger partial charge on any atom is -0.411 e. The molecule has 0 aliphatic rings. The van der Waals surface area contributed by atoms with E-state index in [1.807, 2.05) is 13.8 Å². The summed E-state index contributed by atoms with van der Waals surface area (Å²) in [5.74, 6) is 0.107. The van der Waals surface area contributed by atoms with Crippen LogP contribution in [0.3, 0.4) is 0 Å². The van der Waals surface area contributed by atoms with Crippen LogP contribution >= 0.6 is 0 Å². The number of hydrogen-bond donors (Lipinski definition) is 5. The van der Waals surface area contributed by atoms with Gasteiger partial charge in [-0.15, -0.1) is 0 Å². The van der Waals surface area contributed by atoms with Gasteiger partial charge in [-0.25, -0.2) is 0 Å². The maximum absolute atomic E-state index is 11.9. The second-order valence-corrected chi connectivity index (χ2v) is 5.06. The molecule has 8 heteroatoms. The average Bonchev–Trinajstić information content (AvgIpc) is 2.33. The Hall–Kier alpha value is -1.83. The summed E-state index contributed by atoms with van der Waals surface area (Å²) in [6.45, 7) is 4.47. The number of aliphatic imine (C=N–C) groups is 1. The molecule has 0 aromatic rings. The van der Waals surface area contributed by atoms with Crippen molar-refractivity contribution in [2.24, 2.45) is 33.3 Å². The molecule has 0 saturated heterocycles. The maximum Gasteiger partial charge on any atom is 0.237 e. The summed E-state index contributed by atoms with van der Waals surface area (Å²) in [5, 5.41) is 14.3. The lowest BCUT2D eigenvalue weighted by Crippen LogP contribution is -2.46. The van der Waals surface area contributed by atoms with Gasteiger partial charge in [0, 0.05) is 6.54 Å². The van der Waals surface area contributed by atoms with Crippen molar-refractivity contribution in [1.82, 2.24) is 5.32 Å². The molecular formula is C12H26N6O2. The number of carbonyl (C=O) groups excluding carboxylic acids is 1. The molecule has 0 saturated carbocycles. The SMILES string of the molecule is CC(C)C[C@@H](C=NO)NC(=O)[C@@H](N)CCCN=C(N)N. The zero-order chi connectivity index (χ0) is 15.5. The molecule has 0 fully saturated rings. The van der Waals surface area contributed by atoms with Crippen molar-refractivity contribution < 1.29 is 10.0 Å². The summed E-state index contributed by atoms with van der Waals surface area (Å²) >= 11 is 0. The Bertz CT molecular complexity index is 339. The van der Waals surface area contributed by atoms with Crippen molar-refractivity contribution in [2.75, 3.05) is 6.54 Å². The normalized spacial score (nSPS) is 14.2. The second-order valence-electron chi connectivity index (χ2n) is 5.06. The Labute approximate surface area is 119 Å². The maximum atomic E-state index is 11.9. The van der Waals surface area contributed by atoms with E-state index in [0.29, 0.717) is 31.7 Å². The predicted octanol–water partition coefficient (Wildman–Crippen LogP) is -0.642. The van der Waals surface area contributed by atoms with Crippen LogP contribution in [0.25, 0.3) is 0 Å².